The molecule has 0 atom stereocenters. The van der Waals surface area contributed by atoms with Gasteiger partial charge in [0.25, 0.3) is 11.5 Å². The van der Waals surface area contributed by atoms with Crippen molar-refractivity contribution in [2.75, 3.05) is 5.32 Å². The molecule has 2 aromatic heterocycles. The molecule has 0 radical (unpaired) electrons. The number of carbonyl (C=O) groups is 1. The van der Waals surface area contributed by atoms with Gasteiger partial charge in [0.15, 0.2) is 5.82 Å². The summed E-state index contributed by atoms with van der Waals surface area (Å²) in [7, 11) is 1.71. The summed E-state index contributed by atoms with van der Waals surface area (Å²) in [6.45, 7) is 0. The number of nitrogens with zero attached hydrogens (tertiary/aromatic N) is 3. The minimum absolute atomic E-state index is 0.156. The van der Waals surface area contributed by atoms with Crippen molar-refractivity contribution in [3.05, 3.63) is 70.8 Å². The molecular formula is C17H13ClF2N4O3. The summed E-state index contributed by atoms with van der Waals surface area (Å²) < 4.78 is 32.2. The van der Waals surface area contributed by atoms with Crippen LogP contribution in [0.3, 0.4) is 0 Å². The van der Waals surface area contributed by atoms with E-state index in [0.29, 0.717) is 11.5 Å². The van der Waals surface area contributed by atoms with E-state index < -0.39 is 11.5 Å². The average molecular weight is 395 g/mol. The number of rotatable bonds is 5. The fourth-order valence-electron chi connectivity index (χ4n) is 2.27. The zero-order chi connectivity index (χ0) is 19.6. The number of aromatic nitrogens is 3. The Morgan fingerprint density at radius 1 is 1.19 bits per heavy atom. The number of hydrogen-bond acceptors (Lipinski definition) is 4. The molecule has 0 aliphatic heterocycles. The minimum Gasteiger partial charge on any atom is -0.420 e. The monoisotopic (exact) mass is 394 g/mol. The number of benzene rings is 1. The Labute approximate surface area is 156 Å². The average Bonchev–Trinajstić information content (AvgIpc) is 3.02. The Hall–Kier alpha value is -3.20. The Morgan fingerprint density at radius 3 is 2.48 bits per heavy atom. The van der Waals surface area contributed by atoms with Crippen LogP contribution in [0.4, 0.5) is 14.5 Å². The van der Waals surface area contributed by atoms with Gasteiger partial charge in [-0.15, -0.1) is 8.78 Å². The van der Waals surface area contributed by atoms with Crippen LogP contribution >= 0.6 is 11.6 Å². The van der Waals surface area contributed by atoms with Gasteiger partial charge in [-0.05, 0) is 30.3 Å². The molecule has 3 rings (SSSR count). The molecule has 10 heteroatoms. The number of alkyl halides is 3. The van der Waals surface area contributed by atoms with Crippen LogP contribution in [0, 0.1) is 0 Å². The molecule has 2 heterocycles. The van der Waals surface area contributed by atoms with Gasteiger partial charge < -0.3 is 10.1 Å². The summed E-state index contributed by atoms with van der Waals surface area (Å²) in [6.07, 6.45) is 3.04. The molecule has 140 valence electrons. The van der Waals surface area contributed by atoms with E-state index in [-0.39, 0.29) is 16.9 Å². The van der Waals surface area contributed by atoms with Crippen LogP contribution < -0.4 is 15.6 Å². The molecule has 0 spiro atoms. The second-order valence-electron chi connectivity index (χ2n) is 5.50. The van der Waals surface area contributed by atoms with Gasteiger partial charge in [0.1, 0.15) is 5.75 Å². The zero-order valence-electron chi connectivity index (χ0n) is 13.9. The largest absolute Gasteiger partial charge is 0.487 e. The van der Waals surface area contributed by atoms with Crippen LogP contribution in [0.15, 0.2) is 59.7 Å². The van der Waals surface area contributed by atoms with Crippen molar-refractivity contribution in [3.8, 4) is 11.6 Å². The van der Waals surface area contributed by atoms with E-state index in [1.165, 1.54) is 51.8 Å². The van der Waals surface area contributed by atoms with Crippen molar-refractivity contribution in [3.63, 3.8) is 0 Å². The smallest absolute Gasteiger partial charge is 0.420 e. The summed E-state index contributed by atoms with van der Waals surface area (Å²) in [5.74, 6) is -0.270. The van der Waals surface area contributed by atoms with Crippen molar-refractivity contribution in [2.45, 2.75) is 5.57 Å². The van der Waals surface area contributed by atoms with E-state index in [9.17, 15) is 18.4 Å². The van der Waals surface area contributed by atoms with Crippen molar-refractivity contribution in [1.82, 2.24) is 14.3 Å². The molecule has 7 nitrogen and oxygen atoms in total. The van der Waals surface area contributed by atoms with Gasteiger partial charge >= 0.3 is 5.57 Å². The maximum atomic E-state index is 12.6. The Kier molecular flexibility index (Phi) is 4.95. The number of nitrogens with one attached hydrogen (secondary N) is 1. The van der Waals surface area contributed by atoms with Gasteiger partial charge in [-0.2, -0.15) is 5.10 Å². The molecule has 0 bridgehead atoms. The lowest BCUT2D eigenvalue weighted by molar-refractivity contribution is -0.0964. The summed E-state index contributed by atoms with van der Waals surface area (Å²) in [4.78, 5) is 24.4. The van der Waals surface area contributed by atoms with Gasteiger partial charge in [0, 0.05) is 48.9 Å². The van der Waals surface area contributed by atoms with Gasteiger partial charge in [-0.3, -0.25) is 18.8 Å². The topological polar surface area (TPSA) is 78.1 Å². The molecule has 0 fully saturated rings. The lowest BCUT2D eigenvalue weighted by Crippen LogP contribution is -2.21. The van der Waals surface area contributed by atoms with Gasteiger partial charge in [0.2, 0.25) is 0 Å². The van der Waals surface area contributed by atoms with E-state index >= 15 is 0 Å². The van der Waals surface area contributed by atoms with E-state index in [1.807, 2.05) is 0 Å². The number of anilines is 1. The lowest BCUT2D eigenvalue weighted by atomic mass is 10.2. The Morgan fingerprint density at radius 2 is 1.89 bits per heavy atom. The number of amides is 1. The molecule has 27 heavy (non-hydrogen) atoms. The third-order valence-electron chi connectivity index (χ3n) is 3.47. The molecule has 3 aromatic rings. The van der Waals surface area contributed by atoms with Crippen LogP contribution in [0.25, 0.3) is 5.82 Å². The number of aryl methyl sites for hydroxylation is 1. The maximum Gasteiger partial charge on any atom is 0.487 e. The molecule has 0 saturated carbocycles. The molecule has 0 saturated heterocycles. The fourth-order valence-corrected chi connectivity index (χ4v) is 2.36. The van der Waals surface area contributed by atoms with Crippen molar-refractivity contribution >= 4 is 23.2 Å². The third-order valence-corrected chi connectivity index (χ3v) is 3.54. The molecular weight excluding hydrogens is 382 g/mol. The first-order valence-corrected chi connectivity index (χ1v) is 7.99. The van der Waals surface area contributed by atoms with Crippen LogP contribution in [-0.4, -0.2) is 25.8 Å². The number of carbonyl (C=O) groups excluding carboxylic acids is 1. The first-order chi connectivity index (χ1) is 12.7. The second kappa shape index (κ2) is 7.20. The SMILES string of the molecule is Cn1ccc(-n2cc(C(=O)Nc3ccc(OC(F)(F)Cl)cc3)ccc2=O)n1. The molecule has 0 unspecified atom stereocenters. The predicted molar refractivity (Wildman–Crippen MR) is 94.6 cm³/mol. The third kappa shape index (κ3) is 4.70. The summed E-state index contributed by atoms with van der Waals surface area (Å²) in [5, 5.41) is 6.72. The van der Waals surface area contributed by atoms with Gasteiger partial charge in [-0.25, -0.2) is 0 Å². The summed E-state index contributed by atoms with van der Waals surface area (Å²) in [6, 6.07) is 9.50. The first kappa shape index (κ1) is 18.6. The van der Waals surface area contributed by atoms with Crippen molar-refractivity contribution in [1.29, 1.82) is 0 Å². The van der Waals surface area contributed by atoms with Gasteiger partial charge in [-0.1, -0.05) is 0 Å². The normalized spacial score (nSPS) is 11.3. The van der Waals surface area contributed by atoms with Crippen molar-refractivity contribution < 1.29 is 18.3 Å². The highest BCUT2D eigenvalue weighted by Gasteiger charge is 2.27. The number of hydrogen-bond donors (Lipinski definition) is 1. The zero-order valence-corrected chi connectivity index (χ0v) is 14.7. The molecule has 1 aromatic carbocycles. The number of halogens is 3. The van der Waals surface area contributed by atoms with Crippen LogP contribution in [0.2, 0.25) is 0 Å². The summed E-state index contributed by atoms with van der Waals surface area (Å²) >= 11 is 4.69. The summed E-state index contributed by atoms with van der Waals surface area (Å²) in [5.41, 5.74) is -3.59. The fraction of sp³-hybridized carbons (Fsp3) is 0.118. The Bertz CT molecular complexity index is 1030. The van der Waals surface area contributed by atoms with E-state index in [0.717, 1.165) is 0 Å². The van der Waals surface area contributed by atoms with E-state index in [1.54, 1.807) is 19.3 Å². The lowest BCUT2D eigenvalue weighted by Gasteiger charge is -2.11. The number of ether oxygens (including phenoxy) is 1. The number of pyridine rings is 1. The highest BCUT2D eigenvalue weighted by atomic mass is 35.5. The van der Waals surface area contributed by atoms with E-state index in [4.69, 9.17) is 11.6 Å². The quantitative estimate of drug-likeness (QED) is 0.675. The van der Waals surface area contributed by atoms with Gasteiger partial charge in [0.05, 0.1) is 5.56 Å². The standard InChI is InChI=1S/C17H13ClF2N4O3/c1-23-9-8-14(22-23)24-10-11(2-7-15(24)25)16(26)21-12-3-5-13(6-4-12)27-17(18,19)20/h2-10H,1H3,(H,21,26). The maximum absolute atomic E-state index is 12.6. The first-order valence-electron chi connectivity index (χ1n) is 7.61. The van der Waals surface area contributed by atoms with Crippen LogP contribution in [0.5, 0.6) is 5.75 Å². The molecule has 0 aliphatic carbocycles. The second-order valence-corrected chi connectivity index (χ2v) is 5.94. The highest BCUT2D eigenvalue weighted by Crippen LogP contribution is 2.26. The van der Waals surface area contributed by atoms with Crippen LogP contribution in [-0.2, 0) is 7.05 Å². The van der Waals surface area contributed by atoms with Crippen molar-refractivity contribution in [2.24, 2.45) is 7.05 Å². The Balaban J connectivity index is 1.77. The molecule has 1 amide bonds. The molecule has 0 aliphatic rings. The minimum atomic E-state index is -3.82. The molecule has 1 N–H and O–H groups in total. The van der Waals surface area contributed by atoms with E-state index in [2.05, 4.69) is 15.2 Å². The predicted octanol–water partition coefficient (Wildman–Crippen LogP) is 2.99. The van der Waals surface area contributed by atoms with Crippen LogP contribution in [0.1, 0.15) is 10.4 Å². The highest BCUT2D eigenvalue weighted by molar-refractivity contribution is 6.20.